The first-order valence-corrected chi connectivity index (χ1v) is 18.8. The SMILES string of the molecule is C[C@@]12O[C@H]3[C@@H](O[C@H](COCc4ccccc4)[C@@H](OCc4ccccc4)[C@@H]3OCc3ccccc3)OC13CC1C(=O)C[C@@H](O2)[C@]13COC(=O)c1ccccc1. The van der Waals surface area contributed by atoms with Crippen LogP contribution in [0.25, 0.3) is 0 Å². The van der Waals surface area contributed by atoms with Crippen LogP contribution in [-0.4, -0.2) is 73.2 Å². The zero-order chi connectivity index (χ0) is 36.8. The number of fused-ring (bicyclic) bond motifs is 1. The summed E-state index contributed by atoms with van der Waals surface area (Å²) < 4.78 is 53.6. The standard InChI is InChI=1S/C44H44O10/c1-42-44(23-33-34(45)22-36(52-42)43(33,44)28-50-40(46)32-20-12-5-13-21-32)54-41-39(53-42)38(49-26-31-18-10-4-11-19-31)37(48-25-30-16-8-3-9-17-30)35(51-41)27-47-24-29-14-6-2-7-15-29/h2-21,33,35-39,41H,22-28H2,1H3/t33?,35-,36-,37-,38+,39-,41+,42-,43+,44?/m1/s1. The number of ketones is 1. The summed E-state index contributed by atoms with van der Waals surface area (Å²) in [4.78, 5) is 26.6. The van der Waals surface area contributed by atoms with Crippen molar-refractivity contribution < 1.29 is 47.5 Å². The lowest BCUT2D eigenvalue weighted by atomic mass is 9.49. The topological polar surface area (TPSA) is 108 Å². The highest BCUT2D eigenvalue weighted by molar-refractivity contribution is 5.90. The Labute approximate surface area is 314 Å². The molecule has 10 nitrogen and oxygen atoms in total. The van der Waals surface area contributed by atoms with Crippen LogP contribution in [-0.2, 0) is 62.5 Å². The van der Waals surface area contributed by atoms with E-state index >= 15 is 0 Å². The molecule has 5 aliphatic rings. The van der Waals surface area contributed by atoms with Gasteiger partial charge in [0, 0.05) is 12.3 Å². The molecule has 0 amide bonds. The third kappa shape index (κ3) is 6.01. The second kappa shape index (κ2) is 14.4. The number of benzene rings is 4. The molecule has 0 radical (unpaired) electrons. The quantitative estimate of drug-likeness (QED) is 0.148. The smallest absolute Gasteiger partial charge is 0.338 e. The van der Waals surface area contributed by atoms with Crippen LogP contribution in [0, 0.1) is 11.3 Å². The second-order valence-electron chi connectivity index (χ2n) is 15.1. The van der Waals surface area contributed by atoms with E-state index in [0.29, 0.717) is 31.8 Å². The minimum Gasteiger partial charge on any atom is -0.461 e. The lowest BCUT2D eigenvalue weighted by Gasteiger charge is -2.65. The molecule has 2 aliphatic carbocycles. The molecule has 4 aromatic rings. The van der Waals surface area contributed by atoms with Gasteiger partial charge in [0.1, 0.15) is 42.4 Å². The highest BCUT2D eigenvalue weighted by atomic mass is 16.8. The van der Waals surface area contributed by atoms with Gasteiger partial charge in [-0.05, 0) is 42.2 Å². The van der Waals surface area contributed by atoms with E-state index < -0.39 is 65.5 Å². The van der Waals surface area contributed by atoms with Gasteiger partial charge in [-0.2, -0.15) is 0 Å². The lowest BCUT2D eigenvalue weighted by Crippen LogP contribution is -2.79. The van der Waals surface area contributed by atoms with Crippen molar-refractivity contribution in [2.75, 3.05) is 13.2 Å². The number of hydrogen-bond donors (Lipinski definition) is 0. The van der Waals surface area contributed by atoms with Gasteiger partial charge in [-0.25, -0.2) is 4.79 Å². The fourth-order valence-corrected chi connectivity index (χ4v) is 9.35. The van der Waals surface area contributed by atoms with E-state index in [4.69, 9.17) is 37.9 Å². The Kier molecular flexibility index (Phi) is 9.47. The van der Waals surface area contributed by atoms with Crippen LogP contribution in [0.2, 0.25) is 0 Å². The van der Waals surface area contributed by atoms with Crippen LogP contribution in [0.1, 0.15) is 46.8 Å². The summed E-state index contributed by atoms with van der Waals surface area (Å²) >= 11 is 0. The van der Waals surface area contributed by atoms with Crippen LogP contribution in [0.15, 0.2) is 121 Å². The van der Waals surface area contributed by atoms with Crippen molar-refractivity contribution in [1.29, 1.82) is 0 Å². The molecule has 1 spiro atoms. The summed E-state index contributed by atoms with van der Waals surface area (Å²) in [5, 5.41) is 0. The number of rotatable bonds is 13. The van der Waals surface area contributed by atoms with Crippen LogP contribution in [0.4, 0.5) is 0 Å². The molecule has 9 rings (SSSR count). The normalized spacial score (nSPS) is 34.7. The maximum atomic E-state index is 13.4. The maximum absolute atomic E-state index is 13.4. The number of Topliss-reactive ketones (excluding diaryl/α,β-unsaturated/α-hetero) is 1. The van der Waals surface area contributed by atoms with Crippen LogP contribution < -0.4 is 0 Å². The molecule has 0 aromatic heterocycles. The molecular weight excluding hydrogens is 688 g/mol. The van der Waals surface area contributed by atoms with Gasteiger partial charge in [0.05, 0.1) is 43.5 Å². The van der Waals surface area contributed by atoms with E-state index in [1.165, 1.54) is 0 Å². The summed E-state index contributed by atoms with van der Waals surface area (Å²) in [6, 6.07) is 38.7. The average Bonchev–Trinajstić information content (AvgIpc) is 3.49. The summed E-state index contributed by atoms with van der Waals surface area (Å²) in [6.45, 7) is 2.99. The second-order valence-corrected chi connectivity index (χ2v) is 15.1. The van der Waals surface area contributed by atoms with Crippen molar-refractivity contribution in [3.8, 4) is 0 Å². The number of carbonyl (C=O) groups excluding carboxylic acids is 2. The van der Waals surface area contributed by atoms with Crippen LogP contribution >= 0.6 is 0 Å². The molecule has 2 unspecified atom stereocenters. The molecular formula is C44H44O10. The molecule has 280 valence electrons. The first-order valence-electron chi connectivity index (χ1n) is 18.8. The van der Waals surface area contributed by atoms with E-state index in [1.807, 2.05) is 104 Å². The minimum atomic E-state index is -1.30. The Bertz CT molecular complexity index is 1930. The Hall–Kier alpha value is -4.26. The van der Waals surface area contributed by atoms with Crippen molar-refractivity contribution in [1.82, 2.24) is 0 Å². The Morgan fingerprint density at radius 2 is 1.30 bits per heavy atom. The predicted molar refractivity (Wildman–Crippen MR) is 194 cm³/mol. The fraction of sp³-hybridized carbons (Fsp3) is 0.409. The largest absolute Gasteiger partial charge is 0.461 e. The molecule has 5 fully saturated rings. The van der Waals surface area contributed by atoms with Gasteiger partial charge in [-0.1, -0.05) is 109 Å². The Morgan fingerprint density at radius 3 is 1.93 bits per heavy atom. The van der Waals surface area contributed by atoms with Crippen LogP contribution in [0.5, 0.6) is 0 Å². The molecule has 10 atom stereocenters. The van der Waals surface area contributed by atoms with Gasteiger partial charge in [-0.3, -0.25) is 4.79 Å². The van der Waals surface area contributed by atoms with Gasteiger partial charge >= 0.3 is 5.97 Å². The van der Waals surface area contributed by atoms with Crippen molar-refractivity contribution in [2.24, 2.45) is 11.3 Å². The lowest BCUT2D eigenvalue weighted by molar-refractivity contribution is -0.470. The van der Waals surface area contributed by atoms with Gasteiger partial charge in [0.25, 0.3) is 0 Å². The highest BCUT2D eigenvalue weighted by Gasteiger charge is 2.89. The number of esters is 1. The summed E-state index contributed by atoms with van der Waals surface area (Å²) in [6.07, 6.45) is -3.64. The van der Waals surface area contributed by atoms with Crippen molar-refractivity contribution in [3.63, 3.8) is 0 Å². The zero-order valence-corrected chi connectivity index (χ0v) is 30.1. The van der Waals surface area contributed by atoms with Crippen LogP contribution in [0.3, 0.4) is 0 Å². The molecule has 4 aromatic carbocycles. The molecule has 2 saturated carbocycles. The number of carbonyl (C=O) groups is 2. The third-order valence-electron chi connectivity index (χ3n) is 12.0. The Balaban J connectivity index is 1.03. The highest BCUT2D eigenvalue weighted by Crippen LogP contribution is 2.75. The maximum Gasteiger partial charge on any atom is 0.338 e. The Morgan fingerprint density at radius 1 is 0.722 bits per heavy atom. The first-order chi connectivity index (χ1) is 26.4. The monoisotopic (exact) mass is 732 g/mol. The van der Waals surface area contributed by atoms with E-state index in [0.717, 1.165) is 16.7 Å². The van der Waals surface area contributed by atoms with Crippen molar-refractivity contribution >= 4 is 11.8 Å². The molecule has 3 saturated heterocycles. The number of hydrogen-bond acceptors (Lipinski definition) is 10. The van der Waals surface area contributed by atoms with Crippen molar-refractivity contribution in [3.05, 3.63) is 144 Å². The molecule has 3 aliphatic heterocycles. The third-order valence-corrected chi connectivity index (χ3v) is 12.0. The van der Waals surface area contributed by atoms with E-state index in [9.17, 15) is 9.59 Å². The fourth-order valence-electron chi connectivity index (χ4n) is 9.35. The predicted octanol–water partition coefficient (Wildman–Crippen LogP) is 6.20. The molecule has 0 bridgehead atoms. The van der Waals surface area contributed by atoms with Crippen molar-refractivity contribution in [2.45, 2.75) is 87.8 Å². The average molecular weight is 733 g/mol. The summed E-state index contributed by atoms with van der Waals surface area (Å²) in [7, 11) is 0. The van der Waals surface area contributed by atoms with Gasteiger partial charge in [0.2, 0.25) is 0 Å². The van der Waals surface area contributed by atoms with E-state index in [-0.39, 0.29) is 25.4 Å². The first kappa shape index (κ1) is 35.4. The minimum absolute atomic E-state index is 0.0570. The van der Waals surface area contributed by atoms with E-state index in [1.54, 1.807) is 24.3 Å². The molecule has 3 heterocycles. The molecule has 54 heavy (non-hydrogen) atoms. The van der Waals surface area contributed by atoms with Gasteiger partial charge in [0.15, 0.2) is 12.1 Å². The summed E-state index contributed by atoms with van der Waals surface area (Å²) in [5.74, 6) is -2.11. The number of ether oxygens (including phenoxy) is 8. The zero-order valence-electron chi connectivity index (χ0n) is 30.1. The molecule has 0 N–H and O–H groups in total. The summed E-state index contributed by atoms with van der Waals surface area (Å²) in [5.41, 5.74) is 1.38. The van der Waals surface area contributed by atoms with Gasteiger partial charge in [-0.15, -0.1) is 0 Å². The van der Waals surface area contributed by atoms with Gasteiger partial charge < -0.3 is 37.9 Å². The van der Waals surface area contributed by atoms with E-state index in [2.05, 4.69) is 0 Å². The molecule has 10 heteroatoms.